The molecule has 7 nitrogen and oxygen atoms in total. The minimum absolute atomic E-state index is 0.00491. The van der Waals surface area contributed by atoms with Gasteiger partial charge in [0.2, 0.25) is 18.2 Å². The van der Waals surface area contributed by atoms with Gasteiger partial charge in [-0.15, -0.1) is 0 Å². The van der Waals surface area contributed by atoms with Gasteiger partial charge in [0.25, 0.3) is 0 Å². The van der Waals surface area contributed by atoms with Crippen molar-refractivity contribution in [1.82, 2.24) is 9.80 Å². The van der Waals surface area contributed by atoms with Gasteiger partial charge in [-0.25, -0.2) is 0 Å². The van der Waals surface area contributed by atoms with Gasteiger partial charge in [-0.1, -0.05) is 6.07 Å². The molecule has 2 rings (SSSR count). The van der Waals surface area contributed by atoms with Crippen LogP contribution in [0, 0.1) is 0 Å². The number of carbonyl (C=O) groups is 3. The van der Waals surface area contributed by atoms with Crippen molar-refractivity contribution in [2.45, 2.75) is 13.3 Å². The molecular formula is C17H23N3O4. The zero-order valence-electron chi connectivity index (χ0n) is 14.1. The van der Waals surface area contributed by atoms with Crippen molar-refractivity contribution >= 4 is 23.9 Å². The van der Waals surface area contributed by atoms with Crippen molar-refractivity contribution in [2.24, 2.45) is 0 Å². The van der Waals surface area contributed by atoms with Crippen LogP contribution >= 0.6 is 0 Å². The number of rotatable bonds is 6. The highest BCUT2D eigenvalue weighted by atomic mass is 16.5. The lowest BCUT2D eigenvalue weighted by atomic mass is 10.2. The first-order chi connectivity index (χ1) is 11.5. The van der Waals surface area contributed by atoms with Crippen molar-refractivity contribution in [1.29, 1.82) is 0 Å². The standard InChI is InChI=1S/C17H23N3O4/c1-14(22)20(15-4-3-5-16(12-15)24-2)7-6-17(23)19-10-8-18(13-21)9-11-19/h3-5,12-13H,6-11H2,1-2H3. The van der Waals surface area contributed by atoms with Crippen LogP contribution in [0.3, 0.4) is 0 Å². The zero-order chi connectivity index (χ0) is 17.5. The molecule has 0 bridgehead atoms. The van der Waals surface area contributed by atoms with E-state index in [2.05, 4.69) is 0 Å². The number of amides is 3. The molecule has 0 spiro atoms. The third-order valence-electron chi connectivity index (χ3n) is 4.11. The van der Waals surface area contributed by atoms with Crippen molar-refractivity contribution in [3.8, 4) is 5.75 Å². The monoisotopic (exact) mass is 333 g/mol. The number of carbonyl (C=O) groups excluding carboxylic acids is 3. The number of anilines is 1. The molecule has 1 aliphatic rings. The SMILES string of the molecule is COc1cccc(N(CCC(=O)N2CCN(C=O)CC2)C(C)=O)c1. The highest BCUT2D eigenvalue weighted by Gasteiger charge is 2.21. The molecule has 0 aliphatic carbocycles. The number of methoxy groups -OCH3 is 1. The first kappa shape index (κ1) is 17.8. The van der Waals surface area contributed by atoms with Crippen LogP contribution in [-0.4, -0.2) is 67.9 Å². The van der Waals surface area contributed by atoms with Crippen LogP contribution in [-0.2, 0) is 14.4 Å². The normalized spacial score (nSPS) is 14.2. The van der Waals surface area contributed by atoms with Crippen LogP contribution < -0.4 is 9.64 Å². The molecule has 0 unspecified atom stereocenters. The van der Waals surface area contributed by atoms with E-state index in [9.17, 15) is 14.4 Å². The van der Waals surface area contributed by atoms with Gasteiger partial charge in [0, 0.05) is 57.8 Å². The Morgan fingerprint density at radius 3 is 2.54 bits per heavy atom. The molecule has 0 aromatic heterocycles. The summed E-state index contributed by atoms with van der Waals surface area (Å²) in [5.74, 6) is 0.534. The van der Waals surface area contributed by atoms with Crippen molar-refractivity contribution in [3.63, 3.8) is 0 Å². The maximum atomic E-state index is 12.3. The highest BCUT2D eigenvalue weighted by molar-refractivity contribution is 5.92. The van der Waals surface area contributed by atoms with Crippen molar-refractivity contribution in [2.75, 3.05) is 44.7 Å². The van der Waals surface area contributed by atoms with Gasteiger partial charge in [-0.2, -0.15) is 0 Å². The molecule has 1 heterocycles. The summed E-state index contributed by atoms with van der Waals surface area (Å²) in [6, 6.07) is 7.20. The second kappa shape index (κ2) is 8.33. The second-order valence-electron chi connectivity index (χ2n) is 5.64. The zero-order valence-corrected chi connectivity index (χ0v) is 14.1. The predicted molar refractivity (Wildman–Crippen MR) is 89.9 cm³/mol. The summed E-state index contributed by atoms with van der Waals surface area (Å²) in [5.41, 5.74) is 0.709. The Hall–Kier alpha value is -2.57. The van der Waals surface area contributed by atoms with E-state index >= 15 is 0 Å². The van der Waals surface area contributed by atoms with Gasteiger partial charge < -0.3 is 19.4 Å². The fraction of sp³-hybridized carbons (Fsp3) is 0.471. The lowest BCUT2D eigenvalue weighted by Gasteiger charge is -2.33. The molecule has 1 aromatic carbocycles. The van der Waals surface area contributed by atoms with Crippen LogP contribution in [0.4, 0.5) is 5.69 Å². The highest BCUT2D eigenvalue weighted by Crippen LogP contribution is 2.21. The van der Waals surface area contributed by atoms with Crippen molar-refractivity contribution < 1.29 is 19.1 Å². The Labute approximate surface area is 141 Å². The van der Waals surface area contributed by atoms with Gasteiger partial charge in [-0.05, 0) is 12.1 Å². The van der Waals surface area contributed by atoms with E-state index in [-0.39, 0.29) is 18.2 Å². The lowest BCUT2D eigenvalue weighted by Crippen LogP contribution is -2.48. The van der Waals surface area contributed by atoms with Gasteiger partial charge in [-0.3, -0.25) is 14.4 Å². The van der Waals surface area contributed by atoms with Crippen molar-refractivity contribution in [3.05, 3.63) is 24.3 Å². The van der Waals surface area contributed by atoms with Gasteiger partial charge >= 0.3 is 0 Å². The maximum absolute atomic E-state index is 12.3. The molecule has 130 valence electrons. The fourth-order valence-electron chi connectivity index (χ4n) is 2.69. The van der Waals surface area contributed by atoms with Crippen LogP contribution in [0.1, 0.15) is 13.3 Å². The third-order valence-corrected chi connectivity index (χ3v) is 4.11. The first-order valence-electron chi connectivity index (χ1n) is 7.94. The third kappa shape index (κ3) is 4.47. The molecule has 1 aliphatic heterocycles. The van der Waals surface area contributed by atoms with E-state index in [0.717, 1.165) is 6.41 Å². The van der Waals surface area contributed by atoms with Crippen LogP contribution in [0.15, 0.2) is 24.3 Å². The molecule has 1 fully saturated rings. The fourth-order valence-corrected chi connectivity index (χ4v) is 2.69. The lowest BCUT2D eigenvalue weighted by molar-refractivity contribution is -0.135. The van der Waals surface area contributed by atoms with E-state index in [0.29, 0.717) is 44.2 Å². The van der Waals surface area contributed by atoms with E-state index in [1.54, 1.807) is 33.9 Å². The molecule has 0 radical (unpaired) electrons. The Balaban J connectivity index is 1.95. The molecule has 1 aromatic rings. The molecule has 0 atom stereocenters. The van der Waals surface area contributed by atoms with E-state index in [1.165, 1.54) is 6.92 Å². The minimum Gasteiger partial charge on any atom is -0.497 e. The summed E-state index contributed by atoms with van der Waals surface area (Å²) in [6.45, 7) is 3.98. The number of benzene rings is 1. The second-order valence-corrected chi connectivity index (χ2v) is 5.64. The van der Waals surface area contributed by atoms with Crippen LogP contribution in [0.25, 0.3) is 0 Å². The summed E-state index contributed by atoms with van der Waals surface area (Å²) in [6.07, 6.45) is 1.06. The summed E-state index contributed by atoms with van der Waals surface area (Å²) < 4.78 is 5.18. The topological polar surface area (TPSA) is 70.2 Å². The average Bonchev–Trinajstić information content (AvgIpc) is 2.61. The Morgan fingerprint density at radius 2 is 1.96 bits per heavy atom. The molecule has 0 saturated carbocycles. The molecular weight excluding hydrogens is 310 g/mol. The number of piperazine rings is 1. The predicted octanol–water partition coefficient (Wildman–Crippen LogP) is 0.739. The summed E-state index contributed by atoms with van der Waals surface area (Å²) >= 11 is 0. The maximum Gasteiger partial charge on any atom is 0.224 e. The summed E-state index contributed by atoms with van der Waals surface area (Å²) in [5, 5.41) is 0. The molecule has 3 amide bonds. The number of nitrogens with zero attached hydrogens (tertiary/aromatic N) is 3. The largest absolute Gasteiger partial charge is 0.497 e. The van der Waals surface area contributed by atoms with E-state index < -0.39 is 0 Å². The smallest absolute Gasteiger partial charge is 0.224 e. The number of hydrogen-bond acceptors (Lipinski definition) is 4. The Bertz CT molecular complexity index is 597. The average molecular weight is 333 g/mol. The number of ether oxygens (including phenoxy) is 1. The molecule has 0 N–H and O–H groups in total. The van der Waals surface area contributed by atoms with Gasteiger partial charge in [0.15, 0.2) is 0 Å². The van der Waals surface area contributed by atoms with Gasteiger partial charge in [0.1, 0.15) is 5.75 Å². The molecule has 24 heavy (non-hydrogen) atoms. The van der Waals surface area contributed by atoms with Crippen LogP contribution in [0.5, 0.6) is 5.75 Å². The van der Waals surface area contributed by atoms with Crippen LogP contribution in [0.2, 0.25) is 0 Å². The molecule has 7 heteroatoms. The summed E-state index contributed by atoms with van der Waals surface area (Å²) in [4.78, 5) is 39.9. The Morgan fingerprint density at radius 1 is 1.25 bits per heavy atom. The first-order valence-corrected chi connectivity index (χ1v) is 7.94. The number of hydrogen-bond donors (Lipinski definition) is 0. The minimum atomic E-state index is -0.123. The molecule has 1 saturated heterocycles. The van der Waals surface area contributed by atoms with E-state index in [1.807, 2.05) is 12.1 Å². The quantitative estimate of drug-likeness (QED) is 0.720. The van der Waals surface area contributed by atoms with E-state index in [4.69, 9.17) is 4.74 Å². The van der Waals surface area contributed by atoms with Gasteiger partial charge in [0.05, 0.1) is 7.11 Å². The summed E-state index contributed by atoms with van der Waals surface area (Å²) in [7, 11) is 1.57. The Kier molecular flexibility index (Phi) is 6.17.